The molecule has 0 N–H and O–H groups in total. The Labute approximate surface area is 153 Å². The first-order valence-electron chi connectivity index (χ1n) is 7.93. The molecule has 21 heavy (non-hydrogen) atoms. The van der Waals surface area contributed by atoms with E-state index in [0.29, 0.717) is 5.91 Å². The van der Waals surface area contributed by atoms with Crippen molar-refractivity contribution < 1.29 is 4.79 Å². The van der Waals surface area contributed by atoms with Gasteiger partial charge in [0.2, 0.25) is 5.91 Å². The number of piperidine rings is 1. The van der Waals surface area contributed by atoms with Crippen molar-refractivity contribution in [3.63, 3.8) is 0 Å². The number of carbonyl (C=O) groups is 1. The fourth-order valence-electron chi connectivity index (χ4n) is 5.16. The molecule has 0 radical (unpaired) electrons. The van der Waals surface area contributed by atoms with Crippen molar-refractivity contribution in [2.75, 3.05) is 13.1 Å². The Morgan fingerprint density at radius 3 is 2.19 bits per heavy atom. The van der Waals surface area contributed by atoms with Crippen LogP contribution in [-0.2, 0) is 4.79 Å². The number of hydrogen-bond donors (Lipinski definition) is 0. The molecule has 120 valence electrons. The number of alkyl halides is 3. The molecule has 1 aliphatic heterocycles. The summed E-state index contributed by atoms with van der Waals surface area (Å²) in [6.45, 7) is 8.75. The van der Waals surface area contributed by atoms with Crippen LogP contribution in [0.15, 0.2) is 0 Å². The van der Waals surface area contributed by atoms with E-state index >= 15 is 0 Å². The second kappa shape index (κ2) is 5.20. The van der Waals surface area contributed by atoms with Gasteiger partial charge in [-0.15, -0.1) is 0 Å². The van der Waals surface area contributed by atoms with Crippen LogP contribution < -0.4 is 0 Å². The highest BCUT2D eigenvalue weighted by atomic mass is 79.9. The second-order valence-electron chi connectivity index (χ2n) is 7.77. The van der Waals surface area contributed by atoms with Gasteiger partial charge in [0, 0.05) is 23.3 Å². The summed E-state index contributed by atoms with van der Waals surface area (Å²) in [4.78, 5) is 15.7. The van der Waals surface area contributed by atoms with Crippen molar-refractivity contribution in [3.05, 3.63) is 0 Å². The number of carbonyl (C=O) groups excluding carboxylic acids is 1. The van der Waals surface area contributed by atoms with Gasteiger partial charge >= 0.3 is 0 Å². The van der Waals surface area contributed by atoms with E-state index in [2.05, 4.69) is 73.5 Å². The summed E-state index contributed by atoms with van der Waals surface area (Å²) < 4.78 is 0.252. The first-order chi connectivity index (χ1) is 9.71. The van der Waals surface area contributed by atoms with E-state index in [0.717, 1.165) is 44.7 Å². The van der Waals surface area contributed by atoms with Gasteiger partial charge in [0.15, 0.2) is 0 Å². The van der Waals surface area contributed by atoms with E-state index in [9.17, 15) is 4.79 Å². The Kier molecular flexibility index (Phi) is 4.15. The Morgan fingerprint density at radius 1 is 1.19 bits per heavy atom. The lowest BCUT2D eigenvalue weighted by Crippen LogP contribution is -2.72. The number of halogens is 3. The molecule has 0 aromatic rings. The van der Waals surface area contributed by atoms with Crippen LogP contribution in [0.1, 0.15) is 46.5 Å². The maximum absolute atomic E-state index is 13.3. The molecule has 0 aromatic carbocycles. The highest BCUT2D eigenvalue weighted by Gasteiger charge is 2.83. The third-order valence-corrected chi connectivity index (χ3v) is 10.2. The number of hydrogen-bond acceptors (Lipinski definition) is 1. The Bertz CT molecular complexity index is 458. The summed E-state index contributed by atoms with van der Waals surface area (Å²) in [6, 6.07) is 0. The molecular weight excluding hydrogens is 462 g/mol. The molecule has 3 aliphatic carbocycles. The normalized spacial score (nSPS) is 42.2. The van der Waals surface area contributed by atoms with Crippen LogP contribution in [0.25, 0.3) is 0 Å². The smallest absolute Gasteiger partial charge is 0.230 e. The van der Waals surface area contributed by atoms with Gasteiger partial charge in [-0.05, 0) is 37.0 Å². The van der Waals surface area contributed by atoms with Crippen LogP contribution in [0.2, 0.25) is 0 Å². The van der Waals surface area contributed by atoms with Crippen molar-refractivity contribution in [3.8, 4) is 0 Å². The van der Waals surface area contributed by atoms with Gasteiger partial charge in [-0.2, -0.15) is 0 Å². The zero-order chi connectivity index (χ0) is 15.6. The van der Waals surface area contributed by atoms with Gasteiger partial charge in [-0.25, -0.2) is 0 Å². The lowest BCUT2D eigenvalue weighted by atomic mass is 9.43. The first kappa shape index (κ1) is 16.8. The molecular formula is C16H24Br3NO. The molecule has 0 aromatic heterocycles. The van der Waals surface area contributed by atoms with Gasteiger partial charge < -0.3 is 4.90 Å². The highest BCUT2D eigenvalue weighted by Crippen LogP contribution is 2.82. The third kappa shape index (κ3) is 1.83. The monoisotopic (exact) mass is 483 g/mol. The van der Waals surface area contributed by atoms with Crippen molar-refractivity contribution >= 4 is 53.7 Å². The minimum absolute atomic E-state index is 0.0198. The van der Waals surface area contributed by atoms with E-state index in [1.54, 1.807) is 0 Å². The van der Waals surface area contributed by atoms with Crippen molar-refractivity contribution in [2.45, 2.75) is 55.0 Å². The Hall–Kier alpha value is 0.910. The molecule has 1 amide bonds. The standard InChI is InChI=1S/C16H24Br3NO/c1-10-4-8-20(9-5-10)13(21)16-7-6-15(11(16)17,12(18)19)14(16,2)3/h10-12H,4-9H2,1-3H3/t11-,15-,16+/m0/s1. The van der Waals surface area contributed by atoms with Crippen LogP contribution >= 0.6 is 47.8 Å². The molecule has 4 rings (SSSR count). The van der Waals surface area contributed by atoms with E-state index in [4.69, 9.17) is 0 Å². The fourth-order valence-corrected chi connectivity index (χ4v) is 10.1. The first-order valence-corrected chi connectivity index (χ1v) is 10.7. The summed E-state index contributed by atoms with van der Waals surface area (Å²) in [6.07, 6.45) is 4.42. The van der Waals surface area contributed by atoms with Crippen molar-refractivity contribution in [1.29, 1.82) is 0 Å². The van der Waals surface area contributed by atoms with Crippen LogP contribution in [-0.4, -0.2) is 32.5 Å². The average Bonchev–Trinajstić information content (AvgIpc) is 2.88. The molecule has 0 spiro atoms. The van der Waals surface area contributed by atoms with Crippen LogP contribution in [0.3, 0.4) is 0 Å². The summed E-state index contributed by atoms with van der Waals surface area (Å²) >= 11 is 11.4. The SMILES string of the molecule is CC1CCN(C(=O)[C@@]23CC[C@@](C(Br)Br)([C@@H]2Br)C3(C)C)CC1. The minimum Gasteiger partial charge on any atom is -0.342 e. The molecule has 5 heteroatoms. The molecule has 1 heterocycles. The lowest BCUT2D eigenvalue weighted by molar-refractivity contribution is -0.174. The van der Waals surface area contributed by atoms with E-state index in [1.807, 2.05) is 0 Å². The molecule has 4 fully saturated rings. The molecule has 0 unspecified atom stereocenters. The predicted octanol–water partition coefficient (Wildman–Crippen LogP) is 4.93. The number of rotatable bonds is 2. The summed E-state index contributed by atoms with van der Waals surface area (Å²) in [5.41, 5.74) is -0.0644. The van der Waals surface area contributed by atoms with E-state index in [-0.39, 0.29) is 24.8 Å². The highest BCUT2D eigenvalue weighted by molar-refractivity contribution is 9.24. The zero-order valence-electron chi connectivity index (χ0n) is 13.0. The Balaban J connectivity index is 1.88. The largest absolute Gasteiger partial charge is 0.342 e. The summed E-state index contributed by atoms with van der Waals surface area (Å²) in [7, 11) is 0. The van der Waals surface area contributed by atoms with Crippen LogP contribution in [0.4, 0.5) is 0 Å². The molecule has 3 atom stereocenters. The van der Waals surface area contributed by atoms with Gasteiger partial charge in [-0.3, -0.25) is 4.79 Å². The summed E-state index contributed by atoms with van der Waals surface area (Å²) in [5, 5.41) is 0. The van der Waals surface area contributed by atoms with Crippen molar-refractivity contribution in [2.24, 2.45) is 22.2 Å². The van der Waals surface area contributed by atoms with Crippen LogP contribution in [0.5, 0.6) is 0 Å². The number of amides is 1. The maximum Gasteiger partial charge on any atom is 0.230 e. The molecule has 4 aliphatic rings. The molecule has 3 saturated carbocycles. The Morgan fingerprint density at radius 2 is 1.76 bits per heavy atom. The maximum atomic E-state index is 13.3. The van der Waals surface area contributed by atoms with E-state index in [1.165, 1.54) is 0 Å². The molecule has 2 nitrogen and oxygen atoms in total. The molecule has 2 bridgehead atoms. The topological polar surface area (TPSA) is 20.3 Å². The van der Waals surface area contributed by atoms with Crippen LogP contribution in [0, 0.1) is 22.2 Å². The minimum atomic E-state index is -0.215. The van der Waals surface area contributed by atoms with Crippen molar-refractivity contribution in [1.82, 2.24) is 4.90 Å². The van der Waals surface area contributed by atoms with Gasteiger partial charge in [-0.1, -0.05) is 68.6 Å². The fraction of sp³-hybridized carbons (Fsp3) is 0.938. The second-order valence-corrected chi connectivity index (χ2v) is 11.8. The predicted molar refractivity (Wildman–Crippen MR) is 97.2 cm³/mol. The molecule has 1 saturated heterocycles. The number of nitrogens with zero attached hydrogens (tertiary/aromatic N) is 1. The number of fused-ring (bicyclic) bond motifs is 1. The van der Waals surface area contributed by atoms with Gasteiger partial charge in [0.05, 0.1) is 9.15 Å². The third-order valence-electron chi connectivity index (χ3n) is 6.94. The quantitative estimate of drug-likeness (QED) is 0.508. The lowest BCUT2D eigenvalue weighted by Gasteiger charge is -2.66. The summed E-state index contributed by atoms with van der Waals surface area (Å²) in [5.74, 6) is 1.16. The van der Waals surface area contributed by atoms with E-state index < -0.39 is 0 Å². The van der Waals surface area contributed by atoms with Gasteiger partial charge in [0.25, 0.3) is 0 Å². The average molecular weight is 486 g/mol. The zero-order valence-corrected chi connectivity index (χ0v) is 17.7. The van der Waals surface area contributed by atoms with Gasteiger partial charge in [0.1, 0.15) is 0 Å². The number of likely N-dealkylation sites (tertiary alicyclic amines) is 1.